The first-order valence-electron chi connectivity index (χ1n) is 14.0. The normalized spacial score (nSPS) is 11.9. The van der Waals surface area contributed by atoms with Crippen LogP contribution in [0.2, 0.25) is 0 Å². The summed E-state index contributed by atoms with van der Waals surface area (Å²) >= 11 is 0. The van der Waals surface area contributed by atoms with Gasteiger partial charge in [-0.15, -0.1) is 0 Å². The van der Waals surface area contributed by atoms with Gasteiger partial charge in [-0.05, 0) is 73.3 Å². The second-order valence-corrected chi connectivity index (χ2v) is 10.8. The smallest absolute Gasteiger partial charge is 0.143 e. The Morgan fingerprint density at radius 2 is 1.07 bits per heavy atom. The molecule has 9 rings (SSSR count). The first-order chi connectivity index (χ1) is 20.3. The van der Waals surface area contributed by atoms with Gasteiger partial charge in [0.05, 0.1) is 5.52 Å². The van der Waals surface area contributed by atoms with Crippen LogP contribution in [0.5, 0.6) is 0 Å². The van der Waals surface area contributed by atoms with E-state index in [0.29, 0.717) is 0 Å². The average Bonchev–Trinajstić information content (AvgIpc) is 3.41. The Labute approximate surface area is 236 Å². The second kappa shape index (κ2) is 8.51. The molecule has 190 valence electrons. The van der Waals surface area contributed by atoms with Crippen molar-refractivity contribution in [2.45, 2.75) is 0 Å². The molecule has 0 aliphatic rings. The number of pyridine rings is 1. The summed E-state index contributed by atoms with van der Waals surface area (Å²) in [4.78, 5) is 4.52. The molecule has 41 heavy (non-hydrogen) atoms. The fraction of sp³-hybridized carbons (Fsp3) is 0. The minimum atomic E-state index is 0.864. The minimum Gasteiger partial charge on any atom is -0.455 e. The van der Waals surface area contributed by atoms with Crippen molar-refractivity contribution >= 4 is 65.2 Å². The lowest BCUT2D eigenvalue weighted by Gasteiger charge is -2.12. The van der Waals surface area contributed by atoms with Gasteiger partial charge in [0.15, 0.2) is 0 Å². The van der Waals surface area contributed by atoms with Crippen LogP contribution in [0, 0.1) is 0 Å². The van der Waals surface area contributed by atoms with Gasteiger partial charge in [0.2, 0.25) is 0 Å². The Morgan fingerprint density at radius 3 is 1.88 bits per heavy atom. The van der Waals surface area contributed by atoms with Crippen LogP contribution in [-0.2, 0) is 0 Å². The number of aromatic nitrogens is 1. The fourth-order valence-corrected chi connectivity index (χ4v) is 6.55. The molecule has 0 atom stereocenters. The standard InChI is InChI=1S/C39H23NO/c1-2-13-31-29(11-1)30-12-3-4-14-32(30)35-21-25(17-18-33(31)35)24-8-5-9-26(20-24)28-15-6-16-34-36-22-27-10-7-19-40-37(27)23-38(36)41-39(28)34/h1-23H. The van der Waals surface area contributed by atoms with Crippen molar-refractivity contribution < 1.29 is 4.42 Å². The molecule has 0 spiro atoms. The Hall–Kier alpha value is -5.47. The van der Waals surface area contributed by atoms with Crippen LogP contribution in [0.3, 0.4) is 0 Å². The topological polar surface area (TPSA) is 26.0 Å². The van der Waals surface area contributed by atoms with E-state index in [4.69, 9.17) is 4.42 Å². The number of para-hydroxylation sites is 1. The Kier molecular flexibility index (Phi) is 4.64. The molecule has 0 saturated carbocycles. The molecular formula is C39H23NO. The summed E-state index contributed by atoms with van der Waals surface area (Å²) < 4.78 is 6.50. The molecule has 0 unspecified atom stereocenters. The monoisotopic (exact) mass is 521 g/mol. The number of benzene rings is 7. The second-order valence-electron chi connectivity index (χ2n) is 10.8. The minimum absolute atomic E-state index is 0.864. The molecule has 9 aromatic rings. The Balaban J connectivity index is 1.24. The van der Waals surface area contributed by atoms with E-state index in [-0.39, 0.29) is 0 Å². The molecule has 0 fully saturated rings. The third-order valence-electron chi connectivity index (χ3n) is 8.47. The summed E-state index contributed by atoms with van der Waals surface area (Å²) in [6, 6.07) is 47.9. The lowest BCUT2D eigenvalue weighted by Crippen LogP contribution is -1.86. The highest BCUT2D eigenvalue weighted by Crippen LogP contribution is 2.40. The molecule has 2 heteroatoms. The molecule has 0 aliphatic carbocycles. The number of hydrogen-bond acceptors (Lipinski definition) is 2. The van der Waals surface area contributed by atoms with Crippen LogP contribution in [0.4, 0.5) is 0 Å². The van der Waals surface area contributed by atoms with Crippen molar-refractivity contribution in [3.05, 3.63) is 140 Å². The van der Waals surface area contributed by atoms with Crippen LogP contribution < -0.4 is 0 Å². The van der Waals surface area contributed by atoms with Gasteiger partial charge in [0.25, 0.3) is 0 Å². The van der Waals surface area contributed by atoms with Gasteiger partial charge in [-0.3, -0.25) is 4.98 Å². The number of hydrogen-bond donors (Lipinski definition) is 0. The first kappa shape index (κ1) is 22.4. The summed E-state index contributed by atoms with van der Waals surface area (Å²) in [7, 11) is 0. The molecule has 0 N–H and O–H groups in total. The molecular weight excluding hydrogens is 498 g/mol. The summed E-state index contributed by atoms with van der Waals surface area (Å²) in [5.41, 5.74) is 7.33. The molecule has 0 aliphatic heterocycles. The summed E-state index contributed by atoms with van der Waals surface area (Å²) in [5.74, 6) is 0. The fourth-order valence-electron chi connectivity index (χ4n) is 6.55. The van der Waals surface area contributed by atoms with Crippen LogP contribution in [-0.4, -0.2) is 4.98 Å². The lowest BCUT2D eigenvalue weighted by atomic mass is 9.91. The molecule has 2 aromatic heterocycles. The molecule has 2 heterocycles. The van der Waals surface area contributed by atoms with E-state index in [1.165, 1.54) is 43.4 Å². The van der Waals surface area contributed by atoms with Crippen molar-refractivity contribution in [1.82, 2.24) is 4.98 Å². The molecule has 7 aromatic carbocycles. The van der Waals surface area contributed by atoms with Crippen LogP contribution in [0.15, 0.2) is 144 Å². The van der Waals surface area contributed by atoms with E-state index in [2.05, 4.69) is 126 Å². The van der Waals surface area contributed by atoms with E-state index >= 15 is 0 Å². The molecule has 0 bridgehead atoms. The summed E-state index contributed by atoms with van der Waals surface area (Å²) in [6.07, 6.45) is 1.83. The highest BCUT2D eigenvalue weighted by Gasteiger charge is 2.15. The number of fused-ring (bicyclic) bond motifs is 10. The van der Waals surface area contributed by atoms with Crippen molar-refractivity contribution in [2.75, 3.05) is 0 Å². The van der Waals surface area contributed by atoms with Crippen LogP contribution in [0.25, 0.3) is 87.4 Å². The third-order valence-corrected chi connectivity index (χ3v) is 8.47. The Bertz CT molecular complexity index is 2450. The quantitative estimate of drug-likeness (QED) is 0.211. The van der Waals surface area contributed by atoms with Crippen molar-refractivity contribution in [2.24, 2.45) is 0 Å². The molecule has 0 amide bonds. The maximum absolute atomic E-state index is 6.50. The summed E-state index contributed by atoms with van der Waals surface area (Å²) in [5, 5.41) is 11.1. The maximum Gasteiger partial charge on any atom is 0.143 e. The zero-order chi connectivity index (χ0) is 26.9. The predicted octanol–water partition coefficient (Wildman–Crippen LogP) is 10.9. The van der Waals surface area contributed by atoms with Gasteiger partial charge in [0, 0.05) is 34.0 Å². The van der Waals surface area contributed by atoms with Gasteiger partial charge < -0.3 is 4.42 Å². The molecule has 0 radical (unpaired) electrons. The number of furan rings is 1. The molecule has 2 nitrogen and oxygen atoms in total. The van der Waals surface area contributed by atoms with Crippen molar-refractivity contribution in [1.29, 1.82) is 0 Å². The van der Waals surface area contributed by atoms with Crippen molar-refractivity contribution in [3.63, 3.8) is 0 Å². The van der Waals surface area contributed by atoms with Crippen molar-refractivity contribution in [3.8, 4) is 22.3 Å². The van der Waals surface area contributed by atoms with E-state index in [1.807, 2.05) is 18.3 Å². The summed E-state index contributed by atoms with van der Waals surface area (Å²) in [6.45, 7) is 0. The van der Waals surface area contributed by atoms with E-state index in [0.717, 1.165) is 44.0 Å². The first-order valence-corrected chi connectivity index (χ1v) is 14.0. The zero-order valence-corrected chi connectivity index (χ0v) is 22.1. The van der Waals surface area contributed by atoms with Gasteiger partial charge >= 0.3 is 0 Å². The van der Waals surface area contributed by atoms with Gasteiger partial charge in [-0.25, -0.2) is 0 Å². The highest BCUT2D eigenvalue weighted by atomic mass is 16.3. The van der Waals surface area contributed by atoms with E-state index in [9.17, 15) is 0 Å². The number of nitrogens with zero attached hydrogens (tertiary/aromatic N) is 1. The third kappa shape index (κ3) is 3.34. The van der Waals surface area contributed by atoms with Gasteiger partial charge in [-0.1, -0.05) is 103 Å². The average molecular weight is 522 g/mol. The maximum atomic E-state index is 6.50. The SMILES string of the molecule is c1cc(-c2ccc3c4ccccc4c4ccccc4c3c2)cc(-c2cccc3c2oc2cc4ncccc4cc23)c1. The van der Waals surface area contributed by atoms with Crippen LogP contribution in [0.1, 0.15) is 0 Å². The van der Waals surface area contributed by atoms with Gasteiger partial charge in [0.1, 0.15) is 11.2 Å². The molecule has 0 saturated heterocycles. The largest absolute Gasteiger partial charge is 0.455 e. The zero-order valence-electron chi connectivity index (χ0n) is 22.1. The van der Waals surface area contributed by atoms with Crippen LogP contribution >= 0.6 is 0 Å². The Morgan fingerprint density at radius 1 is 0.415 bits per heavy atom. The van der Waals surface area contributed by atoms with E-state index in [1.54, 1.807) is 0 Å². The van der Waals surface area contributed by atoms with Gasteiger partial charge in [-0.2, -0.15) is 0 Å². The lowest BCUT2D eigenvalue weighted by molar-refractivity contribution is 0.670. The van der Waals surface area contributed by atoms with E-state index < -0.39 is 0 Å². The predicted molar refractivity (Wildman–Crippen MR) is 172 cm³/mol. The highest BCUT2D eigenvalue weighted by molar-refractivity contribution is 6.25. The number of rotatable bonds is 2.